The topological polar surface area (TPSA) is 45.3 Å². The number of hydrogen-bond acceptors (Lipinski definition) is 2. The van der Waals surface area contributed by atoms with Crippen LogP contribution >= 0.6 is 0 Å². The van der Waals surface area contributed by atoms with Crippen LogP contribution < -0.4 is 0 Å². The van der Waals surface area contributed by atoms with Gasteiger partial charge in [0.2, 0.25) is 0 Å². The maximum atomic E-state index is 12.7. The molecule has 1 fully saturated rings. The molecule has 3 rings (SSSR count). The highest BCUT2D eigenvalue weighted by atomic mass is 16.5. The molecular formula is C17H18N2O2. The Morgan fingerprint density at radius 3 is 2.71 bits per heavy atom. The first-order valence-electron chi connectivity index (χ1n) is 7.07. The van der Waals surface area contributed by atoms with Crippen LogP contribution in [-0.2, 0) is 4.74 Å². The van der Waals surface area contributed by atoms with Crippen LogP contribution in [0.4, 0.5) is 0 Å². The molecule has 1 saturated heterocycles. The molecule has 0 bridgehead atoms. The highest BCUT2D eigenvalue weighted by Gasteiger charge is 2.22. The Morgan fingerprint density at radius 2 is 1.95 bits per heavy atom. The van der Waals surface area contributed by atoms with Gasteiger partial charge in [-0.1, -0.05) is 36.9 Å². The lowest BCUT2D eigenvalue weighted by Crippen LogP contribution is -2.40. The molecule has 0 spiro atoms. The summed E-state index contributed by atoms with van der Waals surface area (Å²) in [6.45, 7) is 6.35. The molecule has 4 heteroatoms. The maximum absolute atomic E-state index is 12.7. The molecular weight excluding hydrogens is 264 g/mol. The van der Waals surface area contributed by atoms with Crippen LogP contribution in [0, 0.1) is 0 Å². The first kappa shape index (κ1) is 13.6. The number of morpholine rings is 1. The number of nitrogens with zero attached hydrogens (tertiary/aromatic N) is 1. The molecule has 1 N–H and O–H groups in total. The average molecular weight is 282 g/mol. The predicted octanol–water partition coefficient (Wildman–Crippen LogP) is 2.80. The van der Waals surface area contributed by atoms with Crippen molar-refractivity contribution in [1.82, 2.24) is 9.88 Å². The van der Waals surface area contributed by atoms with Gasteiger partial charge in [-0.3, -0.25) is 4.79 Å². The fourth-order valence-corrected chi connectivity index (χ4v) is 2.62. The molecule has 0 radical (unpaired) electrons. The zero-order chi connectivity index (χ0) is 14.7. The van der Waals surface area contributed by atoms with Gasteiger partial charge in [0.1, 0.15) is 0 Å². The van der Waals surface area contributed by atoms with E-state index in [1.54, 1.807) is 6.20 Å². The summed E-state index contributed by atoms with van der Waals surface area (Å²) in [6, 6.07) is 7.95. The number of benzene rings is 1. The van der Waals surface area contributed by atoms with Crippen molar-refractivity contribution in [3.8, 4) is 11.1 Å². The molecule has 0 unspecified atom stereocenters. The molecule has 2 aromatic rings. The number of nitrogens with one attached hydrogen (secondary N) is 1. The number of ether oxygens (including phenoxy) is 1. The third-order valence-corrected chi connectivity index (χ3v) is 3.75. The van der Waals surface area contributed by atoms with Crippen molar-refractivity contribution in [3.63, 3.8) is 0 Å². The normalized spacial score (nSPS) is 15.0. The minimum absolute atomic E-state index is 0.0495. The van der Waals surface area contributed by atoms with Gasteiger partial charge >= 0.3 is 0 Å². The van der Waals surface area contributed by atoms with Crippen molar-refractivity contribution in [2.45, 2.75) is 0 Å². The highest BCUT2D eigenvalue weighted by Crippen LogP contribution is 2.28. The second-order valence-electron chi connectivity index (χ2n) is 4.98. The van der Waals surface area contributed by atoms with Crippen LogP contribution in [0.5, 0.6) is 0 Å². The van der Waals surface area contributed by atoms with E-state index >= 15 is 0 Å². The molecule has 0 saturated carbocycles. The summed E-state index contributed by atoms with van der Waals surface area (Å²) in [7, 11) is 0. The number of carbonyl (C=O) groups is 1. The summed E-state index contributed by atoms with van der Waals surface area (Å²) in [5.41, 5.74) is 3.66. The van der Waals surface area contributed by atoms with Crippen molar-refractivity contribution < 1.29 is 9.53 Å². The molecule has 4 nitrogen and oxygen atoms in total. The van der Waals surface area contributed by atoms with Crippen molar-refractivity contribution in [3.05, 3.63) is 54.4 Å². The second kappa shape index (κ2) is 5.97. The molecule has 2 heterocycles. The SMILES string of the molecule is C=Cc1ccccc1-c1c[nH]cc1C(=O)N1CCOCC1. The Balaban J connectivity index is 1.97. The fourth-order valence-electron chi connectivity index (χ4n) is 2.62. The van der Waals surface area contributed by atoms with Gasteiger partial charge in [-0.15, -0.1) is 0 Å². The molecule has 0 aliphatic carbocycles. The Morgan fingerprint density at radius 1 is 1.19 bits per heavy atom. The Bertz CT molecular complexity index is 654. The van der Waals surface area contributed by atoms with Crippen LogP contribution in [0.2, 0.25) is 0 Å². The van der Waals surface area contributed by atoms with E-state index in [1.807, 2.05) is 41.4 Å². The van der Waals surface area contributed by atoms with Gasteiger partial charge in [0, 0.05) is 31.0 Å². The molecule has 0 atom stereocenters. The van der Waals surface area contributed by atoms with Gasteiger partial charge in [0.05, 0.1) is 18.8 Å². The third-order valence-electron chi connectivity index (χ3n) is 3.75. The lowest BCUT2D eigenvalue weighted by atomic mass is 9.98. The Labute approximate surface area is 124 Å². The maximum Gasteiger partial charge on any atom is 0.256 e. The summed E-state index contributed by atoms with van der Waals surface area (Å²) in [5, 5.41) is 0. The lowest BCUT2D eigenvalue weighted by Gasteiger charge is -2.27. The van der Waals surface area contributed by atoms with Crippen molar-refractivity contribution >= 4 is 12.0 Å². The van der Waals surface area contributed by atoms with Crippen LogP contribution in [0.3, 0.4) is 0 Å². The van der Waals surface area contributed by atoms with Crippen molar-refractivity contribution in [1.29, 1.82) is 0 Å². The van der Waals surface area contributed by atoms with Gasteiger partial charge < -0.3 is 14.6 Å². The minimum atomic E-state index is 0.0495. The van der Waals surface area contributed by atoms with Gasteiger partial charge in [-0.25, -0.2) is 0 Å². The standard InChI is InChI=1S/C17H18N2O2/c1-2-13-5-3-4-6-14(13)15-11-18-12-16(15)17(20)19-7-9-21-10-8-19/h2-6,11-12,18H,1,7-10H2. The number of aromatic nitrogens is 1. The quantitative estimate of drug-likeness (QED) is 0.941. The molecule has 108 valence electrons. The van der Waals surface area contributed by atoms with Gasteiger partial charge in [-0.05, 0) is 11.1 Å². The van der Waals surface area contributed by atoms with E-state index in [-0.39, 0.29) is 5.91 Å². The van der Waals surface area contributed by atoms with E-state index in [0.29, 0.717) is 31.9 Å². The number of aromatic amines is 1. The number of H-pyrrole nitrogens is 1. The smallest absolute Gasteiger partial charge is 0.256 e. The van der Waals surface area contributed by atoms with Crippen LogP contribution in [0.25, 0.3) is 17.2 Å². The summed E-state index contributed by atoms with van der Waals surface area (Å²) >= 11 is 0. The van der Waals surface area contributed by atoms with E-state index in [2.05, 4.69) is 11.6 Å². The molecule has 1 aliphatic heterocycles. The van der Waals surface area contributed by atoms with Crippen molar-refractivity contribution in [2.75, 3.05) is 26.3 Å². The van der Waals surface area contributed by atoms with Crippen LogP contribution in [0.15, 0.2) is 43.2 Å². The fraction of sp³-hybridized carbons (Fsp3) is 0.235. The summed E-state index contributed by atoms with van der Waals surface area (Å²) in [6.07, 6.45) is 5.45. The Kier molecular flexibility index (Phi) is 3.88. The third kappa shape index (κ3) is 2.62. The first-order valence-corrected chi connectivity index (χ1v) is 7.07. The van der Waals surface area contributed by atoms with Crippen molar-refractivity contribution in [2.24, 2.45) is 0 Å². The van der Waals surface area contributed by atoms with E-state index in [4.69, 9.17) is 4.74 Å². The largest absolute Gasteiger partial charge is 0.378 e. The minimum Gasteiger partial charge on any atom is -0.378 e. The molecule has 1 amide bonds. The number of hydrogen-bond donors (Lipinski definition) is 1. The summed E-state index contributed by atoms with van der Waals surface area (Å²) in [5.74, 6) is 0.0495. The summed E-state index contributed by atoms with van der Waals surface area (Å²) < 4.78 is 5.30. The molecule has 1 aliphatic rings. The monoisotopic (exact) mass is 282 g/mol. The molecule has 1 aromatic carbocycles. The zero-order valence-electron chi connectivity index (χ0n) is 11.8. The number of carbonyl (C=O) groups excluding carboxylic acids is 1. The van der Waals surface area contributed by atoms with Gasteiger partial charge in [0.25, 0.3) is 5.91 Å². The van der Waals surface area contributed by atoms with E-state index in [1.165, 1.54) is 0 Å². The lowest BCUT2D eigenvalue weighted by molar-refractivity contribution is 0.0303. The van der Waals surface area contributed by atoms with E-state index in [0.717, 1.165) is 16.7 Å². The van der Waals surface area contributed by atoms with Gasteiger partial charge in [0.15, 0.2) is 0 Å². The highest BCUT2D eigenvalue weighted by molar-refractivity contribution is 6.01. The number of amides is 1. The zero-order valence-corrected chi connectivity index (χ0v) is 11.8. The molecule has 21 heavy (non-hydrogen) atoms. The Hall–Kier alpha value is -2.33. The molecule has 1 aromatic heterocycles. The second-order valence-corrected chi connectivity index (χ2v) is 4.98. The van der Waals surface area contributed by atoms with Gasteiger partial charge in [-0.2, -0.15) is 0 Å². The van der Waals surface area contributed by atoms with E-state index in [9.17, 15) is 4.79 Å². The van der Waals surface area contributed by atoms with Crippen LogP contribution in [0.1, 0.15) is 15.9 Å². The van der Waals surface area contributed by atoms with Crippen LogP contribution in [-0.4, -0.2) is 42.1 Å². The summed E-state index contributed by atoms with van der Waals surface area (Å²) in [4.78, 5) is 17.6. The average Bonchev–Trinajstić information content (AvgIpc) is 3.04. The number of rotatable bonds is 3. The van der Waals surface area contributed by atoms with E-state index < -0.39 is 0 Å². The first-order chi connectivity index (χ1) is 10.3. The predicted molar refractivity (Wildman–Crippen MR) is 83.0 cm³/mol.